The summed E-state index contributed by atoms with van der Waals surface area (Å²) in [6, 6.07) is 10.5. The van der Waals surface area contributed by atoms with E-state index in [-0.39, 0.29) is 21.7 Å². The van der Waals surface area contributed by atoms with Crippen molar-refractivity contribution in [3.05, 3.63) is 71.8 Å². The number of guanidine groups is 1. The van der Waals surface area contributed by atoms with Gasteiger partial charge in [0, 0.05) is 5.69 Å². The van der Waals surface area contributed by atoms with Crippen molar-refractivity contribution in [1.82, 2.24) is 5.32 Å². The lowest BCUT2D eigenvalue weighted by atomic mass is 10.1. The number of hydrogen-bond acceptors (Lipinski definition) is 11. The molecule has 0 heterocycles. The van der Waals surface area contributed by atoms with E-state index < -0.39 is 68.9 Å². The molecule has 0 aliphatic carbocycles. The Morgan fingerprint density at radius 3 is 2.00 bits per heavy atom. The Kier molecular flexibility index (Phi) is 9.00. The second-order valence-electron chi connectivity index (χ2n) is 8.40. The van der Waals surface area contributed by atoms with Crippen LogP contribution in [0, 0.1) is 0 Å². The molecule has 0 bridgehead atoms. The molecule has 0 aliphatic rings. The van der Waals surface area contributed by atoms with E-state index in [4.69, 9.17) is 16.2 Å². The number of benzene rings is 3. The fraction of sp³-hybridized carbons (Fsp3) is 0.120. The molecule has 0 fully saturated rings. The number of sulfonamides is 1. The zero-order valence-electron chi connectivity index (χ0n) is 21.2. The monoisotopic (exact) mass is 587 g/mol. The highest BCUT2D eigenvalue weighted by Gasteiger charge is 2.27. The van der Waals surface area contributed by atoms with Crippen molar-refractivity contribution in [1.29, 1.82) is 0 Å². The normalized spacial score (nSPS) is 13.1. The molecule has 41 heavy (non-hydrogen) atoms. The van der Waals surface area contributed by atoms with Gasteiger partial charge in [-0.15, -0.1) is 4.40 Å². The molecule has 16 heteroatoms. The highest BCUT2D eigenvalue weighted by Crippen LogP contribution is 2.29. The van der Waals surface area contributed by atoms with Gasteiger partial charge in [0.2, 0.25) is 11.9 Å². The summed E-state index contributed by atoms with van der Waals surface area (Å²) in [7, 11) is -4.42. The smallest absolute Gasteiger partial charge is 0.342 e. The first kappa shape index (κ1) is 30.2. The maximum absolute atomic E-state index is 12.6. The zero-order valence-corrected chi connectivity index (χ0v) is 22.0. The van der Waals surface area contributed by atoms with Gasteiger partial charge in [0.1, 0.15) is 17.7 Å². The fourth-order valence-corrected chi connectivity index (χ4v) is 4.14. The van der Waals surface area contributed by atoms with Gasteiger partial charge in [-0.1, -0.05) is 12.1 Å². The Balaban J connectivity index is 1.63. The molecular formula is C25H25N5O10S. The summed E-state index contributed by atoms with van der Waals surface area (Å²) in [4.78, 5) is 36.7. The van der Waals surface area contributed by atoms with Gasteiger partial charge in [-0.3, -0.25) is 14.9 Å². The Morgan fingerprint density at radius 2 is 1.41 bits per heavy atom. The minimum absolute atomic E-state index is 0.123. The van der Waals surface area contributed by atoms with E-state index in [1.807, 2.05) is 5.32 Å². The molecule has 2 unspecified atom stereocenters. The van der Waals surface area contributed by atoms with Gasteiger partial charge in [-0.05, 0) is 55.5 Å². The van der Waals surface area contributed by atoms with Crippen LogP contribution in [0.1, 0.15) is 27.6 Å². The molecule has 216 valence electrons. The lowest BCUT2D eigenvalue weighted by Gasteiger charge is -2.20. The lowest BCUT2D eigenvalue weighted by molar-refractivity contribution is -0.119. The van der Waals surface area contributed by atoms with E-state index in [2.05, 4.69) is 9.71 Å². The number of nitrogens with two attached hydrogens (primary N) is 2. The number of amides is 2. The minimum Gasteiger partial charge on any atom is -0.504 e. The third-order valence-corrected chi connectivity index (χ3v) is 6.78. The third kappa shape index (κ3) is 7.20. The first-order valence-corrected chi connectivity index (χ1v) is 13.0. The van der Waals surface area contributed by atoms with Gasteiger partial charge in [-0.2, -0.15) is 8.42 Å². The van der Waals surface area contributed by atoms with E-state index in [1.165, 1.54) is 37.3 Å². The lowest BCUT2D eigenvalue weighted by Crippen LogP contribution is -2.45. The van der Waals surface area contributed by atoms with Crippen LogP contribution < -0.4 is 22.1 Å². The molecule has 0 saturated heterocycles. The number of nitrogens with one attached hydrogen (secondary N) is 2. The number of hydrogen-bond donors (Lipinski definition) is 8. The number of phenolic OH excluding ortho intramolecular Hbond substituents is 4. The summed E-state index contributed by atoms with van der Waals surface area (Å²) in [5, 5.41) is 43.0. The Morgan fingerprint density at radius 1 is 0.878 bits per heavy atom. The van der Waals surface area contributed by atoms with Crippen LogP contribution in [0.2, 0.25) is 0 Å². The number of carbonyl (C=O) groups excluding carboxylic acids is 3. The highest BCUT2D eigenvalue weighted by atomic mass is 32.2. The molecule has 0 saturated carbocycles. The van der Waals surface area contributed by atoms with Gasteiger partial charge in [0.25, 0.3) is 15.9 Å². The number of nitrogens with zero attached hydrogens (tertiary/aromatic N) is 1. The second kappa shape index (κ2) is 12.2. The van der Waals surface area contributed by atoms with Gasteiger partial charge < -0.3 is 41.9 Å². The number of esters is 1. The Labute approximate surface area is 232 Å². The maximum atomic E-state index is 12.6. The van der Waals surface area contributed by atoms with Gasteiger partial charge in [-0.25, -0.2) is 4.79 Å². The molecule has 0 aromatic heterocycles. The molecule has 2 atom stereocenters. The average Bonchev–Trinajstić information content (AvgIpc) is 2.91. The predicted molar refractivity (Wildman–Crippen MR) is 144 cm³/mol. The van der Waals surface area contributed by atoms with Crippen molar-refractivity contribution in [2.24, 2.45) is 15.9 Å². The van der Waals surface area contributed by atoms with Crippen LogP contribution in [0.5, 0.6) is 23.0 Å². The van der Waals surface area contributed by atoms with E-state index in [9.17, 15) is 43.2 Å². The van der Waals surface area contributed by atoms with Crippen molar-refractivity contribution >= 4 is 39.5 Å². The van der Waals surface area contributed by atoms with Crippen LogP contribution in [0.3, 0.4) is 0 Å². The fourth-order valence-electron chi connectivity index (χ4n) is 3.25. The number of carbonyl (C=O) groups is 3. The van der Waals surface area contributed by atoms with Gasteiger partial charge >= 0.3 is 5.97 Å². The van der Waals surface area contributed by atoms with Crippen LogP contribution in [0.15, 0.2) is 70.0 Å². The molecule has 10 N–H and O–H groups in total. The summed E-state index contributed by atoms with van der Waals surface area (Å²) in [5.41, 5.74) is 10.8. The second-order valence-corrected chi connectivity index (χ2v) is 10.0. The van der Waals surface area contributed by atoms with E-state index in [0.29, 0.717) is 0 Å². The molecule has 3 aromatic carbocycles. The molecule has 15 nitrogen and oxygen atoms in total. The van der Waals surface area contributed by atoms with E-state index in [0.717, 1.165) is 30.3 Å². The first-order chi connectivity index (χ1) is 19.2. The molecular weight excluding hydrogens is 562 g/mol. The number of para-hydroxylation sites is 2. The number of anilines is 1. The highest BCUT2D eigenvalue weighted by molar-refractivity contribution is 7.90. The predicted octanol–water partition coefficient (Wildman–Crippen LogP) is 0.454. The van der Waals surface area contributed by atoms with Gasteiger partial charge in [0.05, 0.1) is 10.5 Å². The number of rotatable bonds is 8. The Hall–Kier alpha value is -5.35. The minimum atomic E-state index is -4.42. The van der Waals surface area contributed by atoms with Crippen LogP contribution in [0.25, 0.3) is 0 Å². The summed E-state index contributed by atoms with van der Waals surface area (Å²) < 4.78 is 33.6. The summed E-state index contributed by atoms with van der Waals surface area (Å²) >= 11 is 0. The standard InChI is InChI=1S/C25H25N5O10S/c1-12(40-24(37)16-5-3-7-18(32)21(16)34)19(26)23(36)28-13-8-10-14(11-9-13)41(38,39)30-25(27)29-22(35)15-4-2-6-17(31)20(15)33/h2-12,19,31-34H,26H2,1H3,(H,28,36)(H3,27,29,30,35). The topological polar surface area (TPSA) is 264 Å². The first-order valence-electron chi connectivity index (χ1n) is 11.5. The molecule has 3 rings (SSSR count). The van der Waals surface area contributed by atoms with Crippen molar-refractivity contribution in [2.45, 2.75) is 24.0 Å². The van der Waals surface area contributed by atoms with Crippen LogP contribution in [0.4, 0.5) is 5.69 Å². The number of phenols is 4. The molecule has 0 radical (unpaired) electrons. The van der Waals surface area contributed by atoms with E-state index >= 15 is 0 Å². The maximum Gasteiger partial charge on any atom is 0.342 e. The van der Waals surface area contributed by atoms with Crippen molar-refractivity contribution in [3.63, 3.8) is 0 Å². The number of aromatic hydroxyl groups is 4. The number of ether oxygens (including phenoxy) is 1. The average molecular weight is 588 g/mol. The van der Waals surface area contributed by atoms with E-state index in [1.54, 1.807) is 0 Å². The molecule has 0 spiro atoms. The molecule has 2 amide bonds. The van der Waals surface area contributed by atoms with Crippen molar-refractivity contribution in [3.8, 4) is 23.0 Å². The van der Waals surface area contributed by atoms with Crippen molar-refractivity contribution < 1.29 is 48.0 Å². The third-order valence-electron chi connectivity index (χ3n) is 5.48. The van der Waals surface area contributed by atoms with Crippen LogP contribution in [-0.4, -0.2) is 64.7 Å². The zero-order chi connectivity index (χ0) is 30.5. The van der Waals surface area contributed by atoms with Crippen molar-refractivity contribution in [2.75, 3.05) is 5.32 Å². The SMILES string of the molecule is CC(OC(=O)c1cccc(O)c1O)C(N)C(=O)Nc1ccc(S(=O)(=O)N=C(N)NC(=O)c2cccc(O)c2O)cc1. The largest absolute Gasteiger partial charge is 0.504 e. The quantitative estimate of drug-likeness (QED) is 0.0773. The van der Waals surface area contributed by atoms with Crippen LogP contribution >= 0.6 is 0 Å². The molecule has 3 aromatic rings. The summed E-state index contributed by atoms with van der Waals surface area (Å²) in [6.07, 6.45) is -1.17. The summed E-state index contributed by atoms with van der Waals surface area (Å²) in [6.45, 7) is 1.33. The summed E-state index contributed by atoms with van der Waals surface area (Å²) in [5.74, 6) is -6.20. The van der Waals surface area contributed by atoms with Gasteiger partial charge in [0.15, 0.2) is 23.0 Å². The Bertz CT molecular complexity index is 1620. The van der Waals surface area contributed by atoms with Crippen LogP contribution in [-0.2, 0) is 19.6 Å². The molecule has 0 aliphatic heterocycles.